The summed E-state index contributed by atoms with van der Waals surface area (Å²) in [6.45, 7) is 4.03. The first-order chi connectivity index (χ1) is 24.9. The number of imidazole rings is 1. The van der Waals surface area contributed by atoms with Crippen LogP contribution in [0.5, 0.6) is 0 Å². The number of nitrogen functional groups attached to an aromatic ring is 1. The van der Waals surface area contributed by atoms with E-state index in [1.807, 2.05) is 0 Å². The zero-order chi connectivity index (χ0) is 40.6. The van der Waals surface area contributed by atoms with Crippen molar-refractivity contribution >= 4 is 69.1 Å². The molecule has 0 saturated carbocycles. The van der Waals surface area contributed by atoms with Gasteiger partial charge in [-0.15, -0.1) is 0 Å². The number of phosphoric ester groups is 3. The summed E-state index contributed by atoms with van der Waals surface area (Å²) < 4.78 is 62.0. The van der Waals surface area contributed by atoms with Gasteiger partial charge in [-0.05, 0) is 19.9 Å². The molecule has 1 fully saturated rings. The third-order valence-electron chi connectivity index (χ3n) is 7.15. The average Bonchev–Trinajstić information content (AvgIpc) is 3.60. The molecule has 25 nitrogen and oxygen atoms in total. The number of aliphatic hydroxyl groups is 2. The van der Waals surface area contributed by atoms with Crippen molar-refractivity contribution < 1.29 is 86.0 Å². The van der Waals surface area contributed by atoms with Crippen molar-refractivity contribution in [3.8, 4) is 0 Å². The van der Waals surface area contributed by atoms with Crippen molar-refractivity contribution in [3.05, 3.63) is 24.3 Å². The fourth-order valence-electron chi connectivity index (χ4n) is 4.56. The van der Waals surface area contributed by atoms with E-state index in [2.05, 4.69) is 34.4 Å². The number of anilines is 1. The molecular weight excluding hydrogens is 823 g/mol. The number of allylic oxidation sites excluding steroid dienone is 1. The first-order valence-corrected chi connectivity index (χ1v) is 21.1. The summed E-state index contributed by atoms with van der Waals surface area (Å²) in [6, 6.07) is 0. The Hall–Kier alpha value is -2.74. The molecule has 0 radical (unpaired) electrons. The van der Waals surface area contributed by atoms with Gasteiger partial charge in [0, 0.05) is 30.7 Å². The number of hydrogen-bond acceptors (Lipinski definition) is 18. The number of nitrogens with zero attached hydrogens (tertiary/aromatic N) is 4. The van der Waals surface area contributed by atoms with Gasteiger partial charge in [-0.3, -0.25) is 32.5 Å². The third kappa shape index (κ3) is 14.9. The van der Waals surface area contributed by atoms with Crippen LogP contribution in [0.15, 0.2) is 24.3 Å². The van der Waals surface area contributed by atoms with E-state index in [9.17, 15) is 57.9 Å². The highest BCUT2D eigenvalue weighted by Gasteiger charge is 2.50. The number of carbonyl (C=O) groups is 3. The number of carbonyl (C=O) groups excluding carboxylic acids is 3. The van der Waals surface area contributed by atoms with Crippen molar-refractivity contribution in [2.24, 2.45) is 5.41 Å². The van der Waals surface area contributed by atoms with Gasteiger partial charge >= 0.3 is 23.5 Å². The molecule has 1 saturated heterocycles. The molecule has 0 bridgehead atoms. The lowest BCUT2D eigenvalue weighted by Gasteiger charge is -2.30. The Labute approximate surface area is 317 Å². The fourth-order valence-corrected chi connectivity index (χ4v) is 8.11. The monoisotopic (exact) mass is 867 g/mol. The summed E-state index contributed by atoms with van der Waals surface area (Å²) >= 11 is 1.02. The van der Waals surface area contributed by atoms with Crippen LogP contribution >= 0.6 is 35.2 Å². The van der Waals surface area contributed by atoms with E-state index in [-0.39, 0.29) is 47.1 Å². The second-order valence-corrected chi connectivity index (χ2v) is 17.8. The highest BCUT2D eigenvalue weighted by atomic mass is 32.2. The first-order valence-electron chi connectivity index (χ1n) is 15.6. The summed E-state index contributed by atoms with van der Waals surface area (Å²) in [4.78, 5) is 87.0. The molecule has 3 rings (SSSR count). The van der Waals surface area contributed by atoms with Crippen LogP contribution in [0.2, 0.25) is 0 Å². The highest BCUT2D eigenvalue weighted by molar-refractivity contribution is 8.14. The largest absolute Gasteiger partial charge is 0.481 e. The summed E-state index contributed by atoms with van der Waals surface area (Å²) in [7, 11) is -16.4. The van der Waals surface area contributed by atoms with Crippen LogP contribution in [0.3, 0.4) is 0 Å². The van der Waals surface area contributed by atoms with Gasteiger partial charge in [0.05, 0.1) is 19.5 Å². The number of rotatable bonds is 20. The second-order valence-electron chi connectivity index (χ2n) is 12.5. The predicted molar refractivity (Wildman–Crippen MR) is 190 cm³/mol. The number of phosphoric acid groups is 3. The Balaban J connectivity index is 0.0000105. The smallest absolute Gasteiger partial charge is 0.412 e. The molecule has 312 valence electrons. The SMILES string of the molecule is CC(C)=CC(=O)SCCNC(=O)CCNC(=O)[C@H](O)C(C)(C)COP(=O)(O)OP(=O)(O)OC[C@H]1O[C@@H](n2cnc3c(N)ncnc32)[C@H](O)[C@@H]1OP(=O)(O)O.O. The molecular formula is C26H44N7O18P3S. The first kappa shape index (κ1) is 48.4. The van der Waals surface area contributed by atoms with Crippen LogP contribution in [-0.4, -0.2) is 128 Å². The maximum atomic E-state index is 12.6. The van der Waals surface area contributed by atoms with Gasteiger partial charge in [-0.25, -0.2) is 28.6 Å². The van der Waals surface area contributed by atoms with E-state index in [4.69, 9.17) is 19.5 Å². The molecule has 2 aromatic rings. The number of hydrogen-bond donors (Lipinski definition) is 9. The van der Waals surface area contributed by atoms with Gasteiger partial charge in [0.2, 0.25) is 16.9 Å². The predicted octanol–water partition coefficient (Wildman–Crippen LogP) is -1.19. The van der Waals surface area contributed by atoms with E-state index in [1.165, 1.54) is 19.9 Å². The Morgan fingerprint density at radius 2 is 1.73 bits per heavy atom. The molecule has 1 aliphatic heterocycles. The number of ether oxygens (including phenoxy) is 1. The van der Waals surface area contributed by atoms with Crippen LogP contribution in [0.25, 0.3) is 11.2 Å². The number of aromatic nitrogens is 4. The van der Waals surface area contributed by atoms with Crippen LogP contribution in [0, 0.1) is 5.41 Å². The van der Waals surface area contributed by atoms with Gasteiger partial charge in [0.1, 0.15) is 36.3 Å². The van der Waals surface area contributed by atoms with Crippen LogP contribution < -0.4 is 16.4 Å². The molecule has 2 unspecified atom stereocenters. The van der Waals surface area contributed by atoms with Crippen LogP contribution in [-0.2, 0) is 50.7 Å². The van der Waals surface area contributed by atoms with Gasteiger partial charge < -0.3 is 56.4 Å². The average molecular weight is 868 g/mol. The number of nitrogens with one attached hydrogen (secondary N) is 2. The minimum atomic E-state index is -5.57. The normalized spacial score (nSPS) is 21.5. The topological polar surface area (TPSA) is 395 Å². The molecule has 29 heteroatoms. The summed E-state index contributed by atoms with van der Waals surface area (Å²) in [5.74, 6) is -1.13. The lowest BCUT2D eigenvalue weighted by molar-refractivity contribution is -0.137. The molecule has 0 aromatic carbocycles. The third-order valence-corrected chi connectivity index (χ3v) is 11.1. The molecule has 0 spiro atoms. The van der Waals surface area contributed by atoms with E-state index in [1.54, 1.807) is 13.8 Å². The number of thioether (sulfide) groups is 1. The van der Waals surface area contributed by atoms with E-state index in [0.717, 1.165) is 34.6 Å². The van der Waals surface area contributed by atoms with E-state index < -0.39 is 84.6 Å². The van der Waals surface area contributed by atoms with Crippen molar-refractivity contribution in [1.29, 1.82) is 0 Å². The van der Waals surface area contributed by atoms with Gasteiger partial charge in [-0.1, -0.05) is 31.2 Å². The maximum absolute atomic E-state index is 12.6. The van der Waals surface area contributed by atoms with Gasteiger partial charge in [-0.2, -0.15) is 4.31 Å². The Bertz CT molecular complexity index is 1840. The molecule has 2 amide bonds. The summed E-state index contributed by atoms with van der Waals surface area (Å²) in [6.07, 6.45) is -5.45. The standard InChI is InChI=1S/C26H42N7O17P3S.H2O/c1-14(2)9-17(35)54-8-7-28-16(34)5-6-29-24(38)21(37)26(3,4)11-47-53(44,45)50-52(42,43)46-10-15-20(49-51(39,40)41)19(36)25(48-15)33-13-32-18-22(27)30-12-31-23(18)33;/h9,12-13,15,19-21,25,36-37H,5-8,10-11H2,1-4H3,(H,28,34)(H,29,38)(H,42,43)(H,44,45)(H2,27,30,31)(H2,39,40,41);1H2/t15-,19-,20-,21+,25-;/m1./s1. The fraction of sp³-hybridized carbons (Fsp3) is 0.615. The number of fused-ring (bicyclic) bond motifs is 1. The quantitative estimate of drug-likeness (QED) is 0.0429. The maximum Gasteiger partial charge on any atom is 0.481 e. The van der Waals surface area contributed by atoms with Crippen LogP contribution in [0.1, 0.15) is 40.3 Å². The molecule has 2 aromatic heterocycles. The minimum absolute atomic E-state index is 0. The highest BCUT2D eigenvalue weighted by Crippen LogP contribution is 2.61. The Morgan fingerprint density at radius 1 is 1.07 bits per heavy atom. The van der Waals surface area contributed by atoms with Gasteiger partial charge in [0.15, 0.2) is 17.7 Å². The van der Waals surface area contributed by atoms with Crippen molar-refractivity contribution in [3.63, 3.8) is 0 Å². The minimum Gasteiger partial charge on any atom is -0.412 e. The summed E-state index contributed by atoms with van der Waals surface area (Å²) in [5.41, 5.74) is 5.10. The van der Waals surface area contributed by atoms with Gasteiger partial charge in [0.25, 0.3) is 0 Å². The lowest BCUT2D eigenvalue weighted by Crippen LogP contribution is -2.46. The van der Waals surface area contributed by atoms with Crippen molar-refractivity contribution in [2.45, 2.75) is 64.8 Å². The van der Waals surface area contributed by atoms with E-state index >= 15 is 0 Å². The Kier molecular flexibility index (Phi) is 17.7. The van der Waals surface area contributed by atoms with Crippen LogP contribution in [0.4, 0.5) is 5.82 Å². The number of aliphatic hydroxyl groups excluding tert-OH is 2. The molecule has 3 heterocycles. The molecule has 7 atom stereocenters. The van der Waals surface area contributed by atoms with E-state index in [0.29, 0.717) is 5.75 Å². The molecule has 12 N–H and O–H groups in total. The number of amides is 2. The zero-order valence-corrected chi connectivity index (χ0v) is 33.2. The van der Waals surface area contributed by atoms with Crippen molar-refractivity contribution in [2.75, 3.05) is 37.8 Å². The lowest BCUT2D eigenvalue weighted by atomic mass is 9.87. The number of nitrogens with two attached hydrogens (primary N) is 1. The zero-order valence-electron chi connectivity index (χ0n) is 29.7. The molecule has 0 aliphatic carbocycles. The Morgan fingerprint density at radius 3 is 2.36 bits per heavy atom. The molecule has 1 aliphatic rings. The van der Waals surface area contributed by atoms with Crippen molar-refractivity contribution in [1.82, 2.24) is 30.2 Å². The summed E-state index contributed by atoms with van der Waals surface area (Å²) in [5, 5.41) is 26.1. The second kappa shape index (κ2) is 20.1. The molecule has 55 heavy (non-hydrogen) atoms.